The monoisotopic (exact) mass is 270 g/mol. The molecule has 0 aliphatic carbocycles. The number of aromatic hydroxyl groups is 1. The van der Waals surface area contributed by atoms with Crippen LogP contribution < -0.4 is 10.9 Å². The fourth-order valence-corrected chi connectivity index (χ4v) is 2.24. The van der Waals surface area contributed by atoms with Crippen molar-refractivity contribution >= 4 is 5.70 Å². The molecule has 0 fully saturated rings. The van der Waals surface area contributed by atoms with Gasteiger partial charge in [0.25, 0.3) is 0 Å². The van der Waals surface area contributed by atoms with E-state index in [1.54, 1.807) is 0 Å². The van der Waals surface area contributed by atoms with E-state index in [0.29, 0.717) is 11.3 Å². The maximum Gasteiger partial charge on any atom is 0.125 e. The van der Waals surface area contributed by atoms with Crippen LogP contribution in [-0.4, -0.2) is 5.11 Å². The second-order valence-corrected chi connectivity index (χ2v) is 4.90. The highest BCUT2D eigenvalue weighted by molar-refractivity contribution is 5.71. The Hall–Kier alpha value is -2.33. The van der Waals surface area contributed by atoms with Gasteiger partial charge >= 0.3 is 0 Å². The summed E-state index contributed by atoms with van der Waals surface area (Å²) in [6, 6.07) is 12.1. The predicted molar refractivity (Wildman–Crippen MR) is 76.2 cm³/mol. The first kappa shape index (κ1) is 12.7. The Balaban J connectivity index is 1.91. The summed E-state index contributed by atoms with van der Waals surface area (Å²) in [6.07, 6.45) is 1.93. The standard InChI is InChI=1S/C16H15FN2O/c1-10-2-4-11(5-3-10)14-9-15(19-18-14)13-8-12(17)6-7-16(13)20/h2-9,14,18-20H,1H3. The SMILES string of the molecule is Cc1ccc(C2C=C(c3cc(F)ccc3O)NN2)cc1. The van der Waals surface area contributed by atoms with Crippen LogP contribution in [0.2, 0.25) is 0 Å². The Morgan fingerprint density at radius 2 is 1.85 bits per heavy atom. The van der Waals surface area contributed by atoms with Gasteiger partial charge in [0.1, 0.15) is 11.6 Å². The molecule has 0 saturated heterocycles. The van der Waals surface area contributed by atoms with Gasteiger partial charge in [-0.2, -0.15) is 0 Å². The van der Waals surface area contributed by atoms with Gasteiger partial charge in [-0.3, -0.25) is 0 Å². The molecule has 1 heterocycles. The van der Waals surface area contributed by atoms with Crippen molar-refractivity contribution in [2.45, 2.75) is 13.0 Å². The zero-order chi connectivity index (χ0) is 14.1. The molecule has 0 spiro atoms. The third-order valence-electron chi connectivity index (χ3n) is 3.38. The summed E-state index contributed by atoms with van der Waals surface area (Å²) < 4.78 is 13.3. The van der Waals surface area contributed by atoms with Gasteiger partial charge in [0, 0.05) is 5.56 Å². The lowest BCUT2D eigenvalue weighted by molar-refractivity contribution is 0.470. The minimum Gasteiger partial charge on any atom is -0.507 e. The van der Waals surface area contributed by atoms with E-state index in [2.05, 4.69) is 10.9 Å². The quantitative estimate of drug-likeness (QED) is 0.786. The molecule has 2 aromatic rings. The van der Waals surface area contributed by atoms with Crippen molar-refractivity contribution < 1.29 is 9.50 Å². The number of aryl methyl sites for hydroxylation is 1. The summed E-state index contributed by atoms with van der Waals surface area (Å²) in [5, 5.41) is 9.81. The fourth-order valence-electron chi connectivity index (χ4n) is 2.24. The number of phenols is 1. The Labute approximate surface area is 116 Å². The molecule has 1 aliphatic heterocycles. The Bertz CT molecular complexity index is 665. The Morgan fingerprint density at radius 1 is 1.10 bits per heavy atom. The number of benzene rings is 2. The molecule has 3 nitrogen and oxygen atoms in total. The molecule has 0 aromatic heterocycles. The van der Waals surface area contributed by atoms with Crippen LogP contribution in [-0.2, 0) is 0 Å². The lowest BCUT2D eigenvalue weighted by atomic mass is 10.0. The van der Waals surface area contributed by atoms with E-state index < -0.39 is 0 Å². The molecule has 1 aliphatic rings. The lowest BCUT2D eigenvalue weighted by Crippen LogP contribution is -2.26. The summed E-state index contributed by atoms with van der Waals surface area (Å²) in [4.78, 5) is 0. The van der Waals surface area contributed by atoms with Crippen LogP contribution in [0.25, 0.3) is 5.70 Å². The van der Waals surface area contributed by atoms with E-state index in [9.17, 15) is 9.50 Å². The number of hydrogen-bond donors (Lipinski definition) is 3. The average molecular weight is 270 g/mol. The van der Waals surface area contributed by atoms with Gasteiger partial charge in [0.15, 0.2) is 0 Å². The predicted octanol–water partition coefficient (Wildman–Crippen LogP) is 3.03. The van der Waals surface area contributed by atoms with Gasteiger partial charge in [-0.05, 0) is 36.8 Å². The van der Waals surface area contributed by atoms with Crippen molar-refractivity contribution in [2.24, 2.45) is 0 Å². The van der Waals surface area contributed by atoms with Crippen LogP contribution in [0, 0.1) is 12.7 Å². The zero-order valence-corrected chi connectivity index (χ0v) is 11.0. The van der Waals surface area contributed by atoms with Gasteiger partial charge in [0.2, 0.25) is 0 Å². The largest absolute Gasteiger partial charge is 0.507 e. The molecular weight excluding hydrogens is 255 g/mol. The van der Waals surface area contributed by atoms with Crippen LogP contribution in [0.3, 0.4) is 0 Å². The molecule has 0 amide bonds. The maximum atomic E-state index is 13.3. The number of halogens is 1. The number of phenolic OH excluding ortho intramolecular Hbond substituents is 1. The highest BCUT2D eigenvalue weighted by atomic mass is 19.1. The van der Waals surface area contributed by atoms with E-state index in [0.717, 1.165) is 5.56 Å². The Morgan fingerprint density at radius 3 is 2.60 bits per heavy atom. The minimum atomic E-state index is -0.376. The number of nitrogens with one attached hydrogen (secondary N) is 2. The van der Waals surface area contributed by atoms with Crippen LogP contribution in [0.4, 0.5) is 4.39 Å². The van der Waals surface area contributed by atoms with Crippen LogP contribution in [0.15, 0.2) is 48.5 Å². The Kier molecular flexibility index (Phi) is 3.16. The molecular formula is C16H15FN2O. The van der Waals surface area contributed by atoms with E-state index in [1.165, 1.54) is 23.8 Å². The van der Waals surface area contributed by atoms with E-state index in [1.807, 2.05) is 37.3 Å². The first-order chi connectivity index (χ1) is 9.63. The summed E-state index contributed by atoms with van der Waals surface area (Å²) >= 11 is 0. The molecule has 3 N–H and O–H groups in total. The lowest BCUT2D eigenvalue weighted by Gasteiger charge is -2.09. The second kappa shape index (κ2) is 4.98. The molecule has 3 rings (SSSR count). The van der Waals surface area contributed by atoms with Crippen molar-refractivity contribution in [3.8, 4) is 5.75 Å². The van der Waals surface area contributed by atoms with Crippen LogP contribution >= 0.6 is 0 Å². The molecule has 102 valence electrons. The number of rotatable bonds is 2. The molecule has 0 bridgehead atoms. The summed E-state index contributed by atoms with van der Waals surface area (Å²) in [6.45, 7) is 2.04. The molecule has 1 unspecified atom stereocenters. The van der Waals surface area contributed by atoms with E-state index >= 15 is 0 Å². The minimum absolute atomic E-state index is 0.00623. The van der Waals surface area contributed by atoms with Crippen molar-refractivity contribution in [3.05, 3.63) is 71.0 Å². The van der Waals surface area contributed by atoms with Gasteiger partial charge < -0.3 is 10.5 Å². The molecule has 1 atom stereocenters. The first-order valence-corrected chi connectivity index (χ1v) is 6.42. The molecule has 20 heavy (non-hydrogen) atoms. The van der Waals surface area contributed by atoms with E-state index in [-0.39, 0.29) is 17.6 Å². The fraction of sp³-hybridized carbons (Fsp3) is 0.125. The van der Waals surface area contributed by atoms with Crippen LogP contribution in [0.1, 0.15) is 22.7 Å². The summed E-state index contributed by atoms with van der Waals surface area (Å²) in [5.74, 6) is -0.323. The zero-order valence-electron chi connectivity index (χ0n) is 11.0. The second-order valence-electron chi connectivity index (χ2n) is 4.90. The van der Waals surface area contributed by atoms with Crippen molar-refractivity contribution in [1.82, 2.24) is 10.9 Å². The van der Waals surface area contributed by atoms with Crippen LogP contribution in [0.5, 0.6) is 5.75 Å². The third kappa shape index (κ3) is 2.38. The first-order valence-electron chi connectivity index (χ1n) is 6.42. The number of hydrazine groups is 1. The maximum absolute atomic E-state index is 13.3. The molecule has 0 radical (unpaired) electrons. The highest BCUT2D eigenvalue weighted by Gasteiger charge is 2.19. The number of hydrogen-bond acceptors (Lipinski definition) is 3. The molecule has 2 aromatic carbocycles. The molecule has 4 heteroatoms. The average Bonchev–Trinajstić information content (AvgIpc) is 2.92. The van der Waals surface area contributed by atoms with Crippen molar-refractivity contribution in [1.29, 1.82) is 0 Å². The summed E-state index contributed by atoms with van der Waals surface area (Å²) in [5.41, 5.74) is 9.53. The van der Waals surface area contributed by atoms with Gasteiger partial charge in [-0.15, -0.1) is 0 Å². The normalized spacial score (nSPS) is 17.7. The van der Waals surface area contributed by atoms with Gasteiger partial charge in [-0.1, -0.05) is 29.8 Å². The van der Waals surface area contributed by atoms with Crippen molar-refractivity contribution in [3.63, 3.8) is 0 Å². The summed E-state index contributed by atoms with van der Waals surface area (Å²) in [7, 11) is 0. The topological polar surface area (TPSA) is 44.3 Å². The van der Waals surface area contributed by atoms with Crippen molar-refractivity contribution in [2.75, 3.05) is 0 Å². The van der Waals surface area contributed by atoms with Gasteiger partial charge in [-0.25, -0.2) is 9.82 Å². The van der Waals surface area contributed by atoms with Gasteiger partial charge in [0.05, 0.1) is 11.7 Å². The smallest absolute Gasteiger partial charge is 0.125 e. The highest BCUT2D eigenvalue weighted by Crippen LogP contribution is 2.29. The molecule has 0 saturated carbocycles. The van der Waals surface area contributed by atoms with E-state index in [4.69, 9.17) is 0 Å². The third-order valence-corrected chi connectivity index (χ3v) is 3.38.